The molecule has 13 heavy (non-hydrogen) atoms. The third kappa shape index (κ3) is 0.995. The van der Waals surface area contributed by atoms with Crippen molar-refractivity contribution in [2.75, 3.05) is 5.73 Å². The van der Waals surface area contributed by atoms with Gasteiger partial charge < -0.3 is 5.73 Å². The normalized spacial score (nSPS) is 24.3. The van der Waals surface area contributed by atoms with Gasteiger partial charge in [0.15, 0.2) is 0 Å². The van der Waals surface area contributed by atoms with Gasteiger partial charge in [-0.25, -0.2) is 0 Å². The minimum Gasteiger partial charge on any atom is -0.398 e. The van der Waals surface area contributed by atoms with Crippen LogP contribution in [0.4, 0.5) is 5.69 Å². The monoisotopic (exact) mass is 173 g/mol. The van der Waals surface area contributed by atoms with Gasteiger partial charge in [0, 0.05) is 11.1 Å². The standard InChI is InChI=1S/C12H15N/c13-11-4-2-1-3-10(11)12(7-8-12)9-5-6-9/h1-4,9H,5-8,13H2. The molecule has 0 saturated heterocycles. The lowest BCUT2D eigenvalue weighted by Crippen LogP contribution is -2.11. The first kappa shape index (κ1) is 7.43. The van der Waals surface area contributed by atoms with Crippen LogP contribution in [-0.2, 0) is 5.41 Å². The molecule has 0 amide bonds. The van der Waals surface area contributed by atoms with Crippen LogP contribution in [0, 0.1) is 5.92 Å². The Morgan fingerprint density at radius 3 is 2.38 bits per heavy atom. The first-order valence-corrected chi connectivity index (χ1v) is 5.18. The van der Waals surface area contributed by atoms with Gasteiger partial charge >= 0.3 is 0 Å². The van der Waals surface area contributed by atoms with Crippen LogP contribution in [-0.4, -0.2) is 0 Å². The Hall–Kier alpha value is -0.980. The van der Waals surface area contributed by atoms with Crippen molar-refractivity contribution in [3.8, 4) is 0 Å². The quantitative estimate of drug-likeness (QED) is 0.684. The number of rotatable bonds is 2. The Balaban J connectivity index is 2.04. The molecule has 2 aliphatic rings. The van der Waals surface area contributed by atoms with E-state index in [2.05, 4.69) is 12.1 Å². The van der Waals surface area contributed by atoms with E-state index in [-0.39, 0.29) is 0 Å². The molecule has 1 nitrogen and oxygen atoms in total. The molecular weight excluding hydrogens is 158 g/mol. The average Bonchev–Trinajstić information content (AvgIpc) is 3.00. The minimum atomic E-state index is 0.519. The van der Waals surface area contributed by atoms with Gasteiger partial charge in [0.05, 0.1) is 0 Å². The van der Waals surface area contributed by atoms with Crippen LogP contribution in [0.5, 0.6) is 0 Å². The molecule has 1 aromatic carbocycles. The fourth-order valence-electron chi connectivity index (χ4n) is 2.62. The van der Waals surface area contributed by atoms with E-state index in [0.717, 1.165) is 11.6 Å². The van der Waals surface area contributed by atoms with Crippen molar-refractivity contribution in [1.82, 2.24) is 0 Å². The lowest BCUT2D eigenvalue weighted by atomic mass is 9.89. The number of nitrogen functional groups attached to an aromatic ring is 1. The summed E-state index contributed by atoms with van der Waals surface area (Å²) in [6.45, 7) is 0. The van der Waals surface area contributed by atoms with Crippen LogP contribution in [0.15, 0.2) is 24.3 Å². The maximum Gasteiger partial charge on any atom is 0.0352 e. The predicted octanol–water partition coefficient (Wildman–Crippen LogP) is 2.71. The maximum atomic E-state index is 6.01. The summed E-state index contributed by atoms with van der Waals surface area (Å²) in [5, 5.41) is 0. The van der Waals surface area contributed by atoms with E-state index in [1.807, 2.05) is 12.1 Å². The number of anilines is 1. The minimum absolute atomic E-state index is 0.519. The molecule has 68 valence electrons. The molecule has 0 bridgehead atoms. The van der Waals surface area contributed by atoms with E-state index in [9.17, 15) is 0 Å². The molecule has 0 aromatic heterocycles. The Labute approximate surface area is 78.9 Å². The van der Waals surface area contributed by atoms with Crippen molar-refractivity contribution in [3.63, 3.8) is 0 Å². The molecule has 0 unspecified atom stereocenters. The SMILES string of the molecule is Nc1ccccc1C1(C2CC2)CC1. The Kier molecular flexibility index (Phi) is 1.30. The smallest absolute Gasteiger partial charge is 0.0352 e. The van der Waals surface area contributed by atoms with E-state index in [4.69, 9.17) is 5.73 Å². The van der Waals surface area contributed by atoms with E-state index in [1.165, 1.54) is 31.2 Å². The maximum absolute atomic E-state index is 6.01. The summed E-state index contributed by atoms with van der Waals surface area (Å²) in [5.41, 5.74) is 8.97. The zero-order chi connectivity index (χ0) is 8.89. The van der Waals surface area contributed by atoms with Gasteiger partial charge in [-0.05, 0) is 43.2 Å². The second kappa shape index (κ2) is 2.28. The van der Waals surface area contributed by atoms with E-state index < -0.39 is 0 Å². The van der Waals surface area contributed by atoms with E-state index >= 15 is 0 Å². The predicted molar refractivity (Wildman–Crippen MR) is 54.5 cm³/mol. The van der Waals surface area contributed by atoms with Gasteiger partial charge in [-0.1, -0.05) is 18.2 Å². The molecular formula is C12H15N. The molecule has 0 spiro atoms. The third-order valence-corrected chi connectivity index (χ3v) is 3.64. The molecule has 0 radical (unpaired) electrons. The fraction of sp³-hybridized carbons (Fsp3) is 0.500. The highest BCUT2D eigenvalue weighted by Crippen LogP contribution is 2.63. The average molecular weight is 173 g/mol. The highest BCUT2D eigenvalue weighted by molar-refractivity contribution is 5.54. The van der Waals surface area contributed by atoms with Crippen LogP contribution in [0.2, 0.25) is 0 Å². The number of nitrogens with two attached hydrogens (primary N) is 1. The third-order valence-electron chi connectivity index (χ3n) is 3.64. The summed E-state index contributed by atoms with van der Waals surface area (Å²) in [7, 11) is 0. The van der Waals surface area contributed by atoms with Gasteiger partial charge in [-0.3, -0.25) is 0 Å². The van der Waals surface area contributed by atoms with Gasteiger partial charge in [-0.15, -0.1) is 0 Å². The topological polar surface area (TPSA) is 26.0 Å². The first-order valence-electron chi connectivity index (χ1n) is 5.18. The second-order valence-corrected chi connectivity index (χ2v) is 4.52. The molecule has 0 heterocycles. The zero-order valence-electron chi connectivity index (χ0n) is 7.79. The van der Waals surface area contributed by atoms with Crippen LogP contribution in [0.25, 0.3) is 0 Å². The molecule has 2 fully saturated rings. The molecule has 0 atom stereocenters. The fourth-order valence-corrected chi connectivity index (χ4v) is 2.62. The van der Waals surface area contributed by atoms with E-state index in [0.29, 0.717) is 5.41 Å². The molecule has 1 heteroatoms. The molecule has 3 rings (SSSR count). The van der Waals surface area contributed by atoms with Gasteiger partial charge in [0.25, 0.3) is 0 Å². The molecule has 2 aliphatic carbocycles. The van der Waals surface area contributed by atoms with Crippen molar-refractivity contribution in [2.24, 2.45) is 5.92 Å². The number of para-hydroxylation sites is 1. The highest BCUT2D eigenvalue weighted by Gasteiger charge is 2.55. The summed E-state index contributed by atoms with van der Waals surface area (Å²) in [4.78, 5) is 0. The van der Waals surface area contributed by atoms with Crippen LogP contribution < -0.4 is 5.73 Å². The Morgan fingerprint density at radius 2 is 1.85 bits per heavy atom. The van der Waals surface area contributed by atoms with Crippen LogP contribution in [0.1, 0.15) is 31.2 Å². The molecule has 2 N–H and O–H groups in total. The van der Waals surface area contributed by atoms with Gasteiger partial charge in [0.1, 0.15) is 0 Å². The number of benzene rings is 1. The van der Waals surface area contributed by atoms with Crippen molar-refractivity contribution < 1.29 is 0 Å². The Bertz CT molecular complexity index is 335. The highest BCUT2D eigenvalue weighted by atomic mass is 14.6. The lowest BCUT2D eigenvalue weighted by Gasteiger charge is -2.16. The summed E-state index contributed by atoms with van der Waals surface area (Å²) < 4.78 is 0. The van der Waals surface area contributed by atoms with Crippen LogP contribution >= 0.6 is 0 Å². The summed E-state index contributed by atoms with van der Waals surface area (Å²) in [5.74, 6) is 0.956. The van der Waals surface area contributed by atoms with Gasteiger partial charge in [0.2, 0.25) is 0 Å². The van der Waals surface area contributed by atoms with Crippen molar-refractivity contribution in [3.05, 3.63) is 29.8 Å². The van der Waals surface area contributed by atoms with E-state index in [1.54, 1.807) is 0 Å². The van der Waals surface area contributed by atoms with Crippen LogP contribution in [0.3, 0.4) is 0 Å². The van der Waals surface area contributed by atoms with Gasteiger partial charge in [-0.2, -0.15) is 0 Å². The molecule has 0 aliphatic heterocycles. The van der Waals surface area contributed by atoms with Crippen molar-refractivity contribution in [2.45, 2.75) is 31.1 Å². The summed E-state index contributed by atoms with van der Waals surface area (Å²) in [6, 6.07) is 8.41. The zero-order valence-corrected chi connectivity index (χ0v) is 7.79. The lowest BCUT2D eigenvalue weighted by molar-refractivity contribution is 0.599. The Morgan fingerprint density at radius 1 is 1.15 bits per heavy atom. The number of hydrogen-bond donors (Lipinski definition) is 1. The largest absolute Gasteiger partial charge is 0.398 e. The summed E-state index contributed by atoms with van der Waals surface area (Å²) in [6.07, 6.45) is 5.58. The molecule has 2 saturated carbocycles. The van der Waals surface area contributed by atoms with Crippen molar-refractivity contribution in [1.29, 1.82) is 0 Å². The summed E-state index contributed by atoms with van der Waals surface area (Å²) >= 11 is 0. The van der Waals surface area contributed by atoms with Crippen molar-refractivity contribution >= 4 is 5.69 Å². The second-order valence-electron chi connectivity index (χ2n) is 4.52. The number of hydrogen-bond acceptors (Lipinski definition) is 1. The first-order chi connectivity index (χ1) is 6.33. The molecule has 1 aromatic rings.